The minimum absolute atomic E-state index is 0.00675. The predicted octanol–water partition coefficient (Wildman–Crippen LogP) is 2.21. The van der Waals surface area contributed by atoms with Gasteiger partial charge in [0.25, 0.3) is 0 Å². The topological polar surface area (TPSA) is 29.6 Å². The first-order valence-electron chi connectivity index (χ1n) is 4.70. The molecule has 2 nitrogen and oxygen atoms in total. The van der Waals surface area contributed by atoms with Gasteiger partial charge in [0.2, 0.25) is 0 Å². The Morgan fingerprint density at radius 2 is 2.07 bits per heavy atom. The lowest BCUT2D eigenvalue weighted by Gasteiger charge is -1.94. The second-order valence-corrected chi connectivity index (χ2v) is 3.28. The maximum Gasteiger partial charge on any atom is 0.194 e. The van der Waals surface area contributed by atoms with Crippen LogP contribution >= 0.6 is 0 Å². The molecule has 1 saturated heterocycles. The molecule has 1 aromatic rings. The maximum absolute atomic E-state index is 11.7. The highest BCUT2D eigenvalue weighted by Crippen LogP contribution is 2.26. The Balaban J connectivity index is 2.05. The van der Waals surface area contributed by atoms with Crippen molar-refractivity contribution in [2.45, 2.75) is 19.1 Å². The first kappa shape index (κ1) is 9.16. The summed E-state index contributed by atoms with van der Waals surface area (Å²) in [6.45, 7) is 1.92. The highest BCUT2D eigenvalue weighted by atomic mass is 16.6. The lowest BCUT2D eigenvalue weighted by atomic mass is 10.1. The number of hydrogen-bond donors (Lipinski definition) is 0. The van der Waals surface area contributed by atoms with Crippen LogP contribution < -0.4 is 0 Å². The summed E-state index contributed by atoms with van der Waals surface area (Å²) in [5.41, 5.74) is 0.726. The molecule has 1 fully saturated rings. The molecule has 1 aliphatic heterocycles. The van der Waals surface area contributed by atoms with Gasteiger partial charge < -0.3 is 4.74 Å². The lowest BCUT2D eigenvalue weighted by Crippen LogP contribution is -2.09. The zero-order valence-corrected chi connectivity index (χ0v) is 8.01. The van der Waals surface area contributed by atoms with Gasteiger partial charge in [0.1, 0.15) is 6.10 Å². The van der Waals surface area contributed by atoms with Crippen LogP contribution in [0.15, 0.2) is 42.5 Å². The molecule has 1 aromatic carbocycles. The largest absolute Gasteiger partial charge is 0.356 e. The maximum atomic E-state index is 11.7. The highest BCUT2D eigenvalue weighted by molar-refractivity contribution is 6.01. The molecule has 14 heavy (non-hydrogen) atoms. The molecule has 2 heteroatoms. The van der Waals surface area contributed by atoms with Crippen LogP contribution in [0, 0.1) is 0 Å². The van der Waals surface area contributed by atoms with E-state index < -0.39 is 0 Å². The number of ether oxygens (including phenoxy) is 1. The third-order valence-corrected chi connectivity index (χ3v) is 2.22. The normalized spacial score (nSPS) is 25.2. The summed E-state index contributed by atoms with van der Waals surface area (Å²) in [6, 6.07) is 9.25. The average Bonchev–Trinajstić information content (AvgIpc) is 2.98. The summed E-state index contributed by atoms with van der Waals surface area (Å²) >= 11 is 0. The van der Waals surface area contributed by atoms with E-state index in [2.05, 4.69) is 0 Å². The van der Waals surface area contributed by atoms with Gasteiger partial charge in [-0.05, 0) is 6.92 Å². The number of allylic oxidation sites excluding steroid dienone is 1. The number of benzene rings is 1. The van der Waals surface area contributed by atoms with Gasteiger partial charge in [-0.2, -0.15) is 0 Å². The van der Waals surface area contributed by atoms with E-state index in [0.29, 0.717) is 0 Å². The van der Waals surface area contributed by atoms with Gasteiger partial charge in [0.15, 0.2) is 11.9 Å². The van der Waals surface area contributed by atoms with Crippen molar-refractivity contribution < 1.29 is 9.53 Å². The molecule has 2 unspecified atom stereocenters. The Bertz CT molecular complexity index is 354. The molecule has 0 radical (unpaired) electrons. The Morgan fingerprint density at radius 1 is 1.36 bits per heavy atom. The SMILES string of the molecule is C/C=C/C1OC1C(=O)c1ccccc1. The zero-order chi connectivity index (χ0) is 9.97. The number of carbonyl (C=O) groups excluding carboxylic acids is 1. The summed E-state index contributed by atoms with van der Waals surface area (Å²) < 4.78 is 5.24. The second kappa shape index (κ2) is 3.76. The predicted molar refractivity (Wildman–Crippen MR) is 54.2 cm³/mol. The van der Waals surface area contributed by atoms with E-state index in [0.717, 1.165) is 5.56 Å². The van der Waals surface area contributed by atoms with Gasteiger partial charge in [-0.25, -0.2) is 0 Å². The minimum Gasteiger partial charge on any atom is -0.356 e. The fourth-order valence-electron chi connectivity index (χ4n) is 1.44. The van der Waals surface area contributed by atoms with Crippen molar-refractivity contribution in [2.75, 3.05) is 0 Å². The number of carbonyl (C=O) groups is 1. The minimum atomic E-state index is -0.256. The van der Waals surface area contributed by atoms with Crippen LogP contribution in [0.25, 0.3) is 0 Å². The monoisotopic (exact) mass is 188 g/mol. The van der Waals surface area contributed by atoms with Crippen molar-refractivity contribution in [2.24, 2.45) is 0 Å². The quantitative estimate of drug-likeness (QED) is 0.413. The van der Waals surface area contributed by atoms with E-state index in [1.54, 1.807) is 0 Å². The second-order valence-electron chi connectivity index (χ2n) is 3.28. The van der Waals surface area contributed by atoms with Crippen LogP contribution in [0.1, 0.15) is 17.3 Å². The van der Waals surface area contributed by atoms with E-state index in [4.69, 9.17) is 4.74 Å². The Morgan fingerprint density at radius 3 is 2.71 bits per heavy atom. The van der Waals surface area contributed by atoms with Crippen LogP contribution in [-0.2, 0) is 4.74 Å². The fourth-order valence-corrected chi connectivity index (χ4v) is 1.44. The summed E-state index contributed by atoms with van der Waals surface area (Å²) in [4.78, 5) is 11.7. The van der Waals surface area contributed by atoms with Crippen molar-refractivity contribution >= 4 is 5.78 Å². The van der Waals surface area contributed by atoms with Crippen LogP contribution in [0.2, 0.25) is 0 Å². The Kier molecular flexibility index (Phi) is 2.46. The van der Waals surface area contributed by atoms with Gasteiger partial charge >= 0.3 is 0 Å². The van der Waals surface area contributed by atoms with Crippen molar-refractivity contribution in [3.63, 3.8) is 0 Å². The molecule has 0 aliphatic carbocycles. The number of rotatable bonds is 3. The molecular weight excluding hydrogens is 176 g/mol. The van der Waals surface area contributed by atoms with Crippen molar-refractivity contribution in [3.8, 4) is 0 Å². The summed E-state index contributed by atoms with van der Waals surface area (Å²) in [7, 11) is 0. The molecule has 0 amide bonds. The lowest BCUT2D eigenvalue weighted by molar-refractivity contribution is 0.0953. The van der Waals surface area contributed by atoms with E-state index in [1.807, 2.05) is 49.4 Å². The third-order valence-electron chi connectivity index (χ3n) is 2.22. The molecule has 0 aromatic heterocycles. The molecular formula is C12H12O2. The van der Waals surface area contributed by atoms with Gasteiger partial charge in [0.05, 0.1) is 0 Å². The van der Waals surface area contributed by atoms with E-state index >= 15 is 0 Å². The molecule has 0 spiro atoms. The van der Waals surface area contributed by atoms with Crippen molar-refractivity contribution in [1.82, 2.24) is 0 Å². The van der Waals surface area contributed by atoms with Crippen LogP contribution in [0.4, 0.5) is 0 Å². The molecule has 2 atom stereocenters. The molecule has 0 N–H and O–H groups in total. The van der Waals surface area contributed by atoms with E-state index in [9.17, 15) is 4.79 Å². The zero-order valence-electron chi connectivity index (χ0n) is 8.01. The summed E-state index contributed by atoms with van der Waals surface area (Å²) in [5.74, 6) is 0.0775. The Hall–Kier alpha value is -1.41. The van der Waals surface area contributed by atoms with Gasteiger partial charge in [0, 0.05) is 5.56 Å². The average molecular weight is 188 g/mol. The standard InChI is InChI=1S/C12H12O2/c1-2-6-10-12(14-10)11(13)9-7-4-3-5-8-9/h2-8,10,12H,1H3/b6-2+. The van der Waals surface area contributed by atoms with Crippen LogP contribution in [-0.4, -0.2) is 18.0 Å². The van der Waals surface area contributed by atoms with Crippen LogP contribution in [0.5, 0.6) is 0 Å². The van der Waals surface area contributed by atoms with Crippen molar-refractivity contribution in [1.29, 1.82) is 0 Å². The number of Topliss-reactive ketones (excluding diaryl/α,β-unsaturated/α-hetero) is 1. The molecule has 2 rings (SSSR count). The van der Waals surface area contributed by atoms with Gasteiger partial charge in [-0.15, -0.1) is 0 Å². The Labute approximate surface area is 83.2 Å². The van der Waals surface area contributed by atoms with E-state index in [-0.39, 0.29) is 18.0 Å². The summed E-state index contributed by atoms with van der Waals surface area (Å²) in [5, 5.41) is 0. The third kappa shape index (κ3) is 1.75. The molecule has 1 aliphatic rings. The number of ketones is 1. The smallest absolute Gasteiger partial charge is 0.194 e. The summed E-state index contributed by atoms with van der Waals surface area (Å²) in [6.07, 6.45) is 3.55. The number of hydrogen-bond acceptors (Lipinski definition) is 2. The molecule has 0 saturated carbocycles. The van der Waals surface area contributed by atoms with E-state index in [1.165, 1.54) is 0 Å². The first-order valence-corrected chi connectivity index (χ1v) is 4.70. The van der Waals surface area contributed by atoms with Crippen molar-refractivity contribution in [3.05, 3.63) is 48.0 Å². The fraction of sp³-hybridized carbons (Fsp3) is 0.250. The molecule has 72 valence electrons. The van der Waals surface area contributed by atoms with Crippen LogP contribution in [0.3, 0.4) is 0 Å². The first-order chi connectivity index (χ1) is 6.83. The highest BCUT2D eigenvalue weighted by Gasteiger charge is 2.42. The molecule has 0 bridgehead atoms. The molecule has 1 heterocycles. The number of epoxide rings is 1. The van der Waals surface area contributed by atoms with Gasteiger partial charge in [-0.3, -0.25) is 4.79 Å². The van der Waals surface area contributed by atoms with Gasteiger partial charge in [-0.1, -0.05) is 42.5 Å².